The Kier molecular flexibility index (Phi) is 18.0. The van der Waals surface area contributed by atoms with Crippen LogP contribution in [0.4, 0.5) is 5.69 Å². The van der Waals surface area contributed by atoms with Crippen LogP contribution in [0.5, 0.6) is 11.5 Å². The van der Waals surface area contributed by atoms with E-state index in [-0.39, 0.29) is 36.4 Å². The average molecular weight is 630 g/mol. The molecular formula is C27H38BrClN4O6. The molecule has 39 heavy (non-hydrogen) atoms. The summed E-state index contributed by atoms with van der Waals surface area (Å²) in [6.07, 6.45) is 3.02. The van der Waals surface area contributed by atoms with Crippen molar-refractivity contribution in [2.75, 3.05) is 18.4 Å². The number of carbonyl (C=O) groups is 3. The number of nitrogens with zero attached hydrogens (tertiary/aromatic N) is 1. The van der Waals surface area contributed by atoms with Crippen LogP contribution in [0.25, 0.3) is 0 Å². The third-order valence-electron chi connectivity index (χ3n) is 4.76. The number of anilines is 1. The molecule has 0 saturated carbocycles. The molecule has 2 aromatic carbocycles. The summed E-state index contributed by atoms with van der Waals surface area (Å²) in [5.41, 5.74) is 6.32. The molecule has 0 fully saturated rings. The molecule has 216 valence electrons. The summed E-state index contributed by atoms with van der Waals surface area (Å²) in [7, 11) is 0. The van der Waals surface area contributed by atoms with Crippen molar-refractivity contribution < 1.29 is 29.7 Å². The summed E-state index contributed by atoms with van der Waals surface area (Å²) in [6, 6.07) is 7.53. The van der Waals surface area contributed by atoms with Crippen molar-refractivity contribution >= 4 is 56.8 Å². The molecule has 2 amide bonds. The number of phenolic OH excluding ortho intramolecular Hbond substituents is 2. The molecule has 0 heterocycles. The van der Waals surface area contributed by atoms with E-state index in [1.165, 1.54) is 12.1 Å². The number of aryl methyl sites for hydroxylation is 1. The van der Waals surface area contributed by atoms with Crippen molar-refractivity contribution in [2.45, 2.75) is 59.8 Å². The molecule has 10 nitrogen and oxygen atoms in total. The van der Waals surface area contributed by atoms with E-state index < -0.39 is 17.8 Å². The van der Waals surface area contributed by atoms with Crippen LogP contribution >= 0.6 is 27.5 Å². The second-order valence-electron chi connectivity index (χ2n) is 7.87. The molecular weight excluding hydrogens is 592 g/mol. The molecule has 0 radical (unpaired) electrons. The number of halogens is 2. The first-order chi connectivity index (χ1) is 18.5. The minimum absolute atomic E-state index is 0.0274. The summed E-state index contributed by atoms with van der Waals surface area (Å²) in [6.45, 7) is 8.55. The molecule has 7 N–H and O–H groups in total. The fourth-order valence-corrected chi connectivity index (χ4v) is 3.79. The molecule has 2 rings (SSSR count). The third kappa shape index (κ3) is 15.0. The lowest BCUT2D eigenvalue weighted by Crippen LogP contribution is -2.33. The summed E-state index contributed by atoms with van der Waals surface area (Å²) in [5, 5.41) is 33.7. The highest BCUT2D eigenvalue weighted by Gasteiger charge is 2.11. The van der Waals surface area contributed by atoms with Crippen molar-refractivity contribution in [3.8, 4) is 11.5 Å². The Morgan fingerprint density at radius 3 is 2.31 bits per heavy atom. The molecule has 0 unspecified atom stereocenters. The SMILES string of the molecule is CC.CCCCN=C(CC)Nc1cc(O)cc(C(=O)NCC(N)=O)c1.O=C(O)CCc1cc(Cl)cc(Br)c1O. The van der Waals surface area contributed by atoms with Crippen LogP contribution in [-0.4, -0.2) is 52.0 Å². The van der Waals surface area contributed by atoms with Crippen molar-refractivity contribution in [2.24, 2.45) is 10.7 Å². The lowest BCUT2D eigenvalue weighted by atomic mass is 10.1. The van der Waals surface area contributed by atoms with Crippen LogP contribution in [0.15, 0.2) is 39.8 Å². The van der Waals surface area contributed by atoms with Gasteiger partial charge in [0.25, 0.3) is 5.91 Å². The van der Waals surface area contributed by atoms with Gasteiger partial charge in [0.15, 0.2) is 0 Å². The normalized spacial score (nSPS) is 10.4. The molecule has 12 heteroatoms. The number of amides is 2. The first kappa shape index (κ1) is 35.7. The van der Waals surface area contributed by atoms with E-state index >= 15 is 0 Å². The zero-order chi connectivity index (χ0) is 30.0. The Hall–Kier alpha value is -3.31. The van der Waals surface area contributed by atoms with Crippen LogP contribution in [0, 0.1) is 0 Å². The second-order valence-corrected chi connectivity index (χ2v) is 9.16. The topological polar surface area (TPSA) is 174 Å². The summed E-state index contributed by atoms with van der Waals surface area (Å²) in [5.74, 6) is -1.23. The third-order valence-corrected chi connectivity index (χ3v) is 5.58. The minimum Gasteiger partial charge on any atom is -0.508 e. The Labute approximate surface area is 242 Å². The van der Waals surface area contributed by atoms with Crippen molar-refractivity contribution in [3.05, 3.63) is 51.0 Å². The van der Waals surface area contributed by atoms with Gasteiger partial charge in [-0.3, -0.25) is 19.4 Å². The van der Waals surface area contributed by atoms with Crippen LogP contribution in [0.1, 0.15) is 69.3 Å². The number of primary amides is 1. The number of amidine groups is 1. The van der Waals surface area contributed by atoms with E-state index in [1.807, 2.05) is 20.8 Å². The maximum Gasteiger partial charge on any atom is 0.303 e. The van der Waals surface area contributed by atoms with Crippen LogP contribution in [0.3, 0.4) is 0 Å². The van der Waals surface area contributed by atoms with Gasteiger partial charge in [-0.25, -0.2) is 0 Å². The van der Waals surface area contributed by atoms with E-state index in [9.17, 15) is 24.6 Å². The number of nitrogens with two attached hydrogens (primary N) is 1. The lowest BCUT2D eigenvalue weighted by Gasteiger charge is -2.11. The van der Waals surface area contributed by atoms with Crippen molar-refractivity contribution in [1.29, 1.82) is 0 Å². The molecule has 0 aliphatic rings. The molecule has 0 bridgehead atoms. The molecule has 2 aromatic rings. The Morgan fingerprint density at radius 1 is 1.08 bits per heavy atom. The predicted octanol–water partition coefficient (Wildman–Crippen LogP) is 5.48. The Bertz CT molecular complexity index is 1130. The van der Waals surface area contributed by atoms with Crippen LogP contribution < -0.4 is 16.4 Å². The molecule has 0 aromatic heterocycles. The quantitative estimate of drug-likeness (QED) is 0.108. The number of benzene rings is 2. The number of carboxylic acids is 1. The number of rotatable bonds is 11. The van der Waals surface area contributed by atoms with E-state index in [1.54, 1.807) is 18.2 Å². The number of aliphatic carboxylic acids is 1. The highest BCUT2D eigenvalue weighted by molar-refractivity contribution is 9.10. The number of aromatic hydroxyl groups is 2. The monoisotopic (exact) mass is 628 g/mol. The van der Waals surface area contributed by atoms with Gasteiger partial charge in [-0.1, -0.05) is 45.7 Å². The van der Waals surface area contributed by atoms with Gasteiger partial charge in [-0.2, -0.15) is 0 Å². The fraction of sp³-hybridized carbons (Fsp3) is 0.407. The van der Waals surface area contributed by atoms with Crippen molar-refractivity contribution in [1.82, 2.24) is 5.32 Å². The number of nitrogens with one attached hydrogen (secondary N) is 2. The van der Waals surface area contributed by atoms with E-state index in [0.717, 1.165) is 25.2 Å². The van der Waals surface area contributed by atoms with Gasteiger partial charge in [0.05, 0.1) is 11.0 Å². The molecule has 0 spiro atoms. The highest BCUT2D eigenvalue weighted by atomic mass is 79.9. The standard InChI is InChI=1S/C16H24N4O3.C9H8BrClO3.C2H6/c1-3-5-6-18-15(4-2)20-12-7-11(8-13(21)9-12)16(23)19-10-14(17)22;10-7-4-6(11)3-5(9(7)14)1-2-8(12)13;1-2/h7-9,21H,3-6,10H2,1-2H3,(H2,17,22)(H,18,20)(H,19,23);3-4,14H,1-2H2,(H,12,13);1-2H3. The number of carbonyl (C=O) groups excluding carboxylic acids is 2. The number of aliphatic imine (C=N–C) groups is 1. The van der Waals surface area contributed by atoms with E-state index in [2.05, 4.69) is 38.5 Å². The maximum absolute atomic E-state index is 11.9. The number of hydrogen-bond acceptors (Lipinski definition) is 6. The van der Waals surface area contributed by atoms with Gasteiger partial charge in [0, 0.05) is 41.7 Å². The van der Waals surface area contributed by atoms with Crippen molar-refractivity contribution in [3.63, 3.8) is 0 Å². The van der Waals surface area contributed by atoms with Gasteiger partial charge in [-0.05, 0) is 58.6 Å². The van der Waals surface area contributed by atoms with Crippen LogP contribution in [0.2, 0.25) is 5.02 Å². The van der Waals surface area contributed by atoms with Gasteiger partial charge >= 0.3 is 5.97 Å². The molecule has 0 atom stereocenters. The minimum atomic E-state index is -0.902. The first-order valence-electron chi connectivity index (χ1n) is 12.6. The highest BCUT2D eigenvalue weighted by Crippen LogP contribution is 2.32. The Balaban J connectivity index is 0.000000769. The van der Waals surface area contributed by atoms with E-state index in [4.69, 9.17) is 22.4 Å². The maximum atomic E-state index is 11.9. The predicted molar refractivity (Wildman–Crippen MR) is 159 cm³/mol. The second kappa shape index (κ2) is 19.7. The van der Waals surface area contributed by atoms with Gasteiger partial charge in [-0.15, -0.1) is 0 Å². The molecule has 0 saturated heterocycles. The zero-order valence-corrected chi connectivity index (χ0v) is 25.0. The largest absolute Gasteiger partial charge is 0.508 e. The van der Waals surface area contributed by atoms with Gasteiger partial charge in [0.2, 0.25) is 5.91 Å². The summed E-state index contributed by atoms with van der Waals surface area (Å²) in [4.78, 5) is 37.4. The number of hydrogen-bond donors (Lipinski definition) is 6. The smallest absolute Gasteiger partial charge is 0.303 e. The lowest BCUT2D eigenvalue weighted by molar-refractivity contribution is -0.137. The molecule has 0 aliphatic carbocycles. The number of phenols is 2. The fourth-order valence-electron chi connectivity index (χ4n) is 2.91. The summed E-state index contributed by atoms with van der Waals surface area (Å²) >= 11 is 8.87. The Morgan fingerprint density at radius 2 is 1.74 bits per heavy atom. The zero-order valence-electron chi connectivity index (χ0n) is 22.7. The van der Waals surface area contributed by atoms with Crippen LogP contribution in [-0.2, 0) is 16.0 Å². The molecule has 0 aliphatic heterocycles. The van der Waals surface area contributed by atoms with Gasteiger partial charge < -0.3 is 31.7 Å². The van der Waals surface area contributed by atoms with E-state index in [0.29, 0.717) is 27.2 Å². The summed E-state index contributed by atoms with van der Waals surface area (Å²) < 4.78 is 0.477. The average Bonchev–Trinajstić information content (AvgIpc) is 2.89. The van der Waals surface area contributed by atoms with Gasteiger partial charge in [0.1, 0.15) is 17.3 Å². The number of unbranched alkanes of at least 4 members (excludes halogenated alkanes) is 1. The number of carboxylic acid groups (broad SMARTS) is 1. The first-order valence-corrected chi connectivity index (χ1v) is 13.7.